The zero-order chi connectivity index (χ0) is 34.6. The number of rotatable bonds is 17. The third kappa shape index (κ3) is 10.4. The molecule has 0 aliphatic rings. The van der Waals surface area contributed by atoms with Gasteiger partial charge in [-0.05, 0) is 81.1 Å². The zero-order valence-corrected chi connectivity index (χ0v) is 28.3. The minimum absolute atomic E-state index is 0.0310. The van der Waals surface area contributed by atoms with Gasteiger partial charge in [0.1, 0.15) is 0 Å². The number of para-hydroxylation sites is 1. The molecule has 2 aromatic carbocycles. The molecule has 0 radical (unpaired) electrons. The molecule has 1 atom stereocenters. The van der Waals surface area contributed by atoms with Crippen LogP contribution in [0.5, 0.6) is 5.75 Å². The Bertz CT molecular complexity index is 1910. The Morgan fingerprint density at radius 3 is 2.71 bits per heavy atom. The van der Waals surface area contributed by atoms with Gasteiger partial charge in [-0.15, -0.1) is 16.4 Å². The van der Waals surface area contributed by atoms with Crippen molar-refractivity contribution in [3.63, 3.8) is 0 Å². The molecule has 0 spiro atoms. The first-order valence-electron chi connectivity index (χ1n) is 15.6. The summed E-state index contributed by atoms with van der Waals surface area (Å²) >= 11 is 2.78. The highest BCUT2D eigenvalue weighted by Gasteiger charge is 2.18. The van der Waals surface area contributed by atoms with Gasteiger partial charge in [0, 0.05) is 10.4 Å². The van der Waals surface area contributed by atoms with Crippen LogP contribution in [0.15, 0.2) is 48.5 Å². The molecule has 0 unspecified atom stereocenters. The highest BCUT2D eigenvalue weighted by molar-refractivity contribution is 7.22. The second-order valence-electron chi connectivity index (χ2n) is 11.0. The number of carbonyl (C=O) groups is 1. The first-order chi connectivity index (χ1) is 23.8. The van der Waals surface area contributed by atoms with Gasteiger partial charge in [0.25, 0.3) is 0 Å². The normalized spacial score (nSPS) is 11.6. The highest BCUT2D eigenvalue weighted by Crippen LogP contribution is 2.29. The van der Waals surface area contributed by atoms with Gasteiger partial charge in [0.2, 0.25) is 0 Å². The zero-order valence-electron chi connectivity index (χ0n) is 26.7. The molecule has 5 rings (SSSR count). The number of hydrogen-bond acceptors (Lipinski definition) is 13. The number of halogens is 1. The molecule has 3 aromatic heterocycles. The molecule has 0 fully saturated rings. The van der Waals surface area contributed by atoms with Crippen LogP contribution in [0.3, 0.4) is 0 Å². The molecule has 15 heteroatoms. The van der Waals surface area contributed by atoms with Crippen LogP contribution in [0.1, 0.15) is 51.4 Å². The van der Waals surface area contributed by atoms with E-state index >= 15 is 0 Å². The van der Waals surface area contributed by atoms with Crippen LogP contribution >= 0.6 is 22.7 Å². The maximum Gasteiger partial charge on any atom is 0.355 e. The Morgan fingerprint density at radius 2 is 1.94 bits per heavy atom. The second-order valence-corrected chi connectivity index (χ2v) is 13.1. The van der Waals surface area contributed by atoms with Crippen LogP contribution in [0.25, 0.3) is 10.2 Å². The van der Waals surface area contributed by atoms with E-state index in [2.05, 4.69) is 48.0 Å². The van der Waals surface area contributed by atoms with Gasteiger partial charge in [0.05, 0.1) is 48.3 Å². The topological polar surface area (TPSA) is 175 Å². The molecule has 0 aliphatic heterocycles. The number of aliphatic hydroxyl groups excluding tert-OH is 2. The van der Waals surface area contributed by atoms with Gasteiger partial charge >= 0.3 is 5.97 Å². The van der Waals surface area contributed by atoms with Crippen LogP contribution in [0, 0.1) is 24.6 Å². The van der Waals surface area contributed by atoms with Gasteiger partial charge in [-0.2, -0.15) is 5.10 Å². The molecule has 6 N–H and O–H groups in total. The number of benzene rings is 2. The van der Waals surface area contributed by atoms with Gasteiger partial charge in [-0.3, -0.25) is 0 Å². The van der Waals surface area contributed by atoms with E-state index in [1.54, 1.807) is 6.07 Å². The number of anilines is 3. The van der Waals surface area contributed by atoms with E-state index in [-0.39, 0.29) is 24.7 Å². The van der Waals surface area contributed by atoms with E-state index in [1.807, 2.05) is 37.3 Å². The summed E-state index contributed by atoms with van der Waals surface area (Å²) in [6.07, 6.45) is 1.36. The summed E-state index contributed by atoms with van der Waals surface area (Å²) in [5.41, 5.74) is 2.94. The lowest BCUT2D eigenvalue weighted by Crippen LogP contribution is -2.19. The first-order valence-corrected chi connectivity index (χ1v) is 17.3. The minimum atomic E-state index is -1.13. The number of ether oxygens (including phenoxy) is 1. The molecule has 49 heavy (non-hydrogen) atoms. The summed E-state index contributed by atoms with van der Waals surface area (Å²) in [5.74, 6) is 4.85. The molecule has 0 saturated heterocycles. The largest absolute Gasteiger partial charge is 0.491 e. The van der Waals surface area contributed by atoms with E-state index in [0.29, 0.717) is 72.4 Å². The molecular formula is C34H36FN7O5S2. The number of nitrogens with one attached hydrogen (secondary N) is 3. The van der Waals surface area contributed by atoms with Crippen molar-refractivity contribution >= 4 is 54.9 Å². The number of aliphatic hydroxyl groups is 2. The molecule has 0 saturated carbocycles. The van der Waals surface area contributed by atoms with E-state index in [4.69, 9.17) is 9.84 Å². The van der Waals surface area contributed by atoms with E-state index in [1.165, 1.54) is 34.8 Å². The van der Waals surface area contributed by atoms with Crippen LogP contribution in [0.2, 0.25) is 0 Å². The molecular weight excluding hydrogens is 670 g/mol. The third-order valence-corrected chi connectivity index (χ3v) is 9.19. The first kappa shape index (κ1) is 35.6. The number of carboxylic acids is 1. The van der Waals surface area contributed by atoms with Crippen molar-refractivity contribution < 1.29 is 29.2 Å². The van der Waals surface area contributed by atoms with E-state index in [0.717, 1.165) is 20.9 Å². The maximum atomic E-state index is 14.6. The molecule has 0 aliphatic carbocycles. The lowest BCUT2D eigenvalue weighted by atomic mass is 10.2. The molecule has 256 valence electrons. The van der Waals surface area contributed by atoms with Crippen LogP contribution in [0.4, 0.5) is 20.5 Å². The molecule has 0 bridgehead atoms. The fourth-order valence-electron chi connectivity index (χ4n) is 4.67. The fraction of sp³-hybridized carbons (Fsp3) is 0.324. The van der Waals surface area contributed by atoms with Crippen molar-refractivity contribution in [1.29, 1.82) is 0 Å². The summed E-state index contributed by atoms with van der Waals surface area (Å²) in [5, 5.41) is 47.1. The SMILES string of the molecule is Cc1cc(CNc2nc(C(=O)O)c(CCCOc3ccc(C#CCNCCC[C@H](O)CO)cc3F)s2)nnc1Nc1nc2ccccc2s1. The monoisotopic (exact) mass is 705 g/mol. The van der Waals surface area contributed by atoms with Gasteiger partial charge < -0.3 is 36.0 Å². The summed E-state index contributed by atoms with van der Waals surface area (Å²) in [6.45, 7) is 3.22. The quantitative estimate of drug-likeness (QED) is 0.0557. The summed E-state index contributed by atoms with van der Waals surface area (Å²) in [7, 11) is 0. The second kappa shape index (κ2) is 17.6. The average Bonchev–Trinajstić information content (AvgIpc) is 3.70. The number of nitrogens with zero attached hydrogens (tertiary/aromatic N) is 4. The van der Waals surface area contributed by atoms with Crippen LogP contribution < -0.4 is 20.7 Å². The number of fused-ring (bicyclic) bond motifs is 1. The lowest BCUT2D eigenvalue weighted by Gasteiger charge is -2.07. The highest BCUT2D eigenvalue weighted by atomic mass is 32.1. The predicted molar refractivity (Wildman–Crippen MR) is 188 cm³/mol. The van der Waals surface area contributed by atoms with Crippen molar-refractivity contribution in [2.45, 2.75) is 45.3 Å². The third-order valence-electron chi connectivity index (χ3n) is 7.16. The fourth-order valence-corrected chi connectivity index (χ4v) is 6.52. The maximum absolute atomic E-state index is 14.6. The number of aromatic carboxylic acids is 1. The summed E-state index contributed by atoms with van der Waals surface area (Å²) in [4.78, 5) is 21.3. The van der Waals surface area contributed by atoms with Crippen molar-refractivity contribution in [2.75, 3.05) is 36.9 Å². The Labute approximate surface area is 290 Å². The average molecular weight is 706 g/mol. The Morgan fingerprint density at radius 1 is 1.08 bits per heavy atom. The van der Waals surface area contributed by atoms with E-state index < -0.39 is 17.9 Å². The van der Waals surface area contributed by atoms with Crippen LogP contribution in [-0.4, -0.2) is 73.9 Å². The number of thiazole rings is 2. The smallest absolute Gasteiger partial charge is 0.355 e. The van der Waals surface area contributed by atoms with Gasteiger partial charge in [-0.25, -0.2) is 19.2 Å². The predicted octanol–water partition coefficient (Wildman–Crippen LogP) is 5.13. The van der Waals surface area contributed by atoms with Crippen molar-refractivity contribution in [1.82, 2.24) is 25.5 Å². The number of aromatic nitrogens is 4. The molecule has 0 amide bonds. The molecule has 5 aromatic rings. The Hall–Kier alpha value is -4.72. The van der Waals surface area contributed by atoms with Crippen molar-refractivity contribution in [3.8, 4) is 17.6 Å². The number of carboxylic acid groups (broad SMARTS) is 1. The number of hydrogen-bond donors (Lipinski definition) is 6. The van der Waals surface area contributed by atoms with Crippen molar-refractivity contribution in [3.05, 3.63) is 81.7 Å². The Kier molecular flexibility index (Phi) is 12.8. The number of aryl methyl sites for hydroxylation is 2. The minimum Gasteiger partial charge on any atom is -0.491 e. The lowest BCUT2D eigenvalue weighted by molar-refractivity contribution is 0.0690. The van der Waals surface area contributed by atoms with E-state index in [9.17, 15) is 19.4 Å². The molecule has 12 nitrogen and oxygen atoms in total. The molecule has 3 heterocycles. The van der Waals surface area contributed by atoms with Crippen molar-refractivity contribution in [2.24, 2.45) is 0 Å². The Balaban J connectivity index is 1.07. The summed E-state index contributed by atoms with van der Waals surface area (Å²) in [6, 6.07) is 14.3. The van der Waals surface area contributed by atoms with Gasteiger partial charge in [0.15, 0.2) is 33.3 Å². The summed E-state index contributed by atoms with van der Waals surface area (Å²) < 4.78 is 21.3. The van der Waals surface area contributed by atoms with Gasteiger partial charge in [-0.1, -0.05) is 35.3 Å². The standard InChI is InChI=1S/C34H36FN7O5S2/c1-21-17-23(41-42-31(21)40-34-38-26-9-2-3-10-28(26)48-34)19-37-33-39-30(32(45)46)29(49-33)11-6-16-47-27-13-12-22(18-25(27)35)7-4-14-36-15-5-8-24(44)20-43/h2-3,9-10,12-13,17-18,24,36,43-44H,5-6,8,11,14-16,19-20H2,1H3,(H,37,39)(H,45,46)(H,38,40,42)/t24-/m0/s1. The van der Waals surface area contributed by atoms with Crippen LogP contribution in [-0.2, 0) is 13.0 Å².